The van der Waals surface area contributed by atoms with Crippen molar-refractivity contribution >= 4 is 34.7 Å². The summed E-state index contributed by atoms with van der Waals surface area (Å²) in [4.78, 5) is 22.8. The number of nitrogens with two attached hydrogens (primary N) is 1. The summed E-state index contributed by atoms with van der Waals surface area (Å²) in [5, 5.41) is 13.3. The third-order valence-electron chi connectivity index (χ3n) is 2.62. The number of anilines is 2. The second kappa shape index (κ2) is 6.76. The number of nitro groups is 1. The summed E-state index contributed by atoms with van der Waals surface area (Å²) in [6.07, 6.45) is 0. The van der Waals surface area contributed by atoms with Crippen LogP contribution in [0.1, 0.15) is 0 Å². The number of nitrogen functional groups attached to an aromatic ring is 1. The number of hydrogen-bond acceptors (Lipinski definition) is 5. The van der Waals surface area contributed by atoms with Crippen molar-refractivity contribution in [3.63, 3.8) is 0 Å². The highest BCUT2D eigenvalue weighted by Crippen LogP contribution is 2.24. The van der Waals surface area contributed by atoms with Crippen molar-refractivity contribution in [1.29, 1.82) is 0 Å². The van der Waals surface area contributed by atoms with Gasteiger partial charge in [-0.05, 0) is 18.2 Å². The largest absolute Gasteiger partial charge is 0.398 e. The van der Waals surface area contributed by atoms with Gasteiger partial charge in [-0.15, -0.1) is 11.8 Å². The predicted molar refractivity (Wildman–Crippen MR) is 83.3 cm³/mol. The Hall–Kier alpha value is -2.54. The molecule has 7 heteroatoms. The van der Waals surface area contributed by atoms with E-state index in [2.05, 4.69) is 5.32 Å². The highest BCUT2D eigenvalue weighted by Gasteiger charge is 2.09. The van der Waals surface area contributed by atoms with Gasteiger partial charge in [0.25, 0.3) is 5.69 Å². The first-order valence-corrected chi connectivity index (χ1v) is 7.06. The lowest BCUT2D eigenvalue weighted by Gasteiger charge is -2.06. The molecule has 0 bridgehead atoms. The lowest BCUT2D eigenvalue weighted by atomic mass is 10.3. The first-order valence-electron chi connectivity index (χ1n) is 6.08. The first kappa shape index (κ1) is 14.9. The number of carbonyl (C=O) groups is 1. The van der Waals surface area contributed by atoms with Gasteiger partial charge in [-0.1, -0.05) is 18.2 Å². The molecular formula is C14H13N3O3S. The normalized spacial score (nSPS) is 10.1. The van der Waals surface area contributed by atoms with Crippen LogP contribution < -0.4 is 11.1 Å². The van der Waals surface area contributed by atoms with E-state index in [-0.39, 0.29) is 17.3 Å². The van der Waals surface area contributed by atoms with Crippen LogP contribution in [-0.4, -0.2) is 16.6 Å². The van der Waals surface area contributed by atoms with Crippen molar-refractivity contribution in [2.75, 3.05) is 16.8 Å². The Morgan fingerprint density at radius 1 is 1.24 bits per heavy atom. The molecule has 0 fully saturated rings. The van der Waals surface area contributed by atoms with Crippen molar-refractivity contribution < 1.29 is 9.72 Å². The molecule has 0 aliphatic heterocycles. The third-order valence-corrected chi connectivity index (χ3v) is 3.71. The summed E-state index contributed by atoms with van der Waals surface area (Å²) in [5.74, 6) is -0.0690. The van der Waals surface area contributed by atoms with Crippen molar-refractivity contribution in [2.24, 2.45) is 0 Å². The van der Waals surface area contributed by atoms with Gasteiger partial charge in [-0.2, -0.15) is 0 Å². The zero-order chi connectivity index (χ0) is 15.2. The van der Waals surface area contributed by atoms with Crippen molar-refractivity contribution in [3.05, 3.63) is 58.6 Å². The van der Waals surface area contributed by atoms with Gasteiger partial charge in [-0.25, -0.2) is 0 Å². The summed E-state index contributed by atoms with van der Waals surface area (Å²) in [6.45, 7) is 0. The maximum absolute atomic E-state index is 11.8. The molecule has 0 saturated carbocycles. The molecule has 6 nitrogen and oxygen atoms in total. The zero-order valence-corrected chi connectivity index (χ0v) is 11.8. The Labute approximate surface area is 125 Å². The minimum absolute atomic E-state index is 0.0623. The van der Waals surface area contributed by atoms with Crippen LogP contribution in [-0.2, 0) is 4.79 Å². The van der Waals surface area contributed by atoms with E-state index in [0.29, 0.717) is 11.4 Å². The van der Waals surface area contributed by atoms with Crippen LogP contribution in [0.5, 0.6) is 0 Å². The Kier molecular flexibility index (Phi) is 4.78. The smallest absolute Gasteiger partial charge is 0.271 e. The van der Waals surface area contributed by atoms with E-state index in [9.17, 15) is 14.9 Å². The van der Waals surface area contributed by atoms with Gasteiger partial charge in [0.2, 0.25) is 5.91 Å². The maximum atomic E-state index is 11.8. The van der Waals surface area contributed by atoms with Gasteiger partial charge < -0.3 is 11.1 Å². The highest BCUT2D eigenvalue weighted by atomic mass is 32.2. The second-order valence-corrected chi connectivity index (χ2v) is 5.20. The Bertz CT molecular complexity index is 676. The molecule has 108 valence electrons. The molecule has 3 N–H and O–H groups in total. The number of benzene rings is 2. The number of nitro benzene ring substituents is 1. The summed E-state index contributed by atoms with van der Waals surface area (Å²) in [7, 11) is 0. The van der Waals surface area contributed by atoms with E-state index in [1.807, 2.05) is 18.2 Å². The molecule has 1 amide bonds. The number of para-hydroxylation sites is 1. The highest BCUT2D eigenvalue weighted by molar-refractivity contribution is 8.00. The van der Waals surface area contributed by atoms with Crippen LogP contribution in [0.2, 0.25) is 0 Å². The topological polar surface area (TPSA) is 98.3 Å². The van der Waals surface area contributed by atoms with Crippen LogP contribution in [0.4, 0.5) is 17.1 Å². The van der Waals surface area contributed by atoms with E-state index < -0.39 is 4.92 Å². The fraction of sp³-hybridized carbons (Fsp3) is 0.0714. The molecule has 2 rings (SSSR count). The number of carbonyl (C=O) groups excluding carboxylic acids is 1. The molecule has 0 unspecified atom stereocenters. The molecule has 2 aromatic rings. The van der Waals surface area contributed by atoms with Gasteiger partial charge >= 0.3 is 0 Å². The standard InChI is InChI=1S/C14H13N3O3S/c15-12-6-1-2-7-13(12)21-9-14(18)16-10-4-3-5-11(8-10)17(19)20/h1-8H,9,15H2,(H,16,18). The molecule has 0 aliphatic carbocycles. The number of rotatable bonds is 5. The van der Waals surface area contributed by atoms with E-state index in [0.717, 1.165) is 4.90 Å². The Morgan fingerprint density at radius 2 is 2.00 bits per heavy atom. The summed E-state index contributed by atoms with van der Waals surface area (Å²) in [6, 6.07) is 13.1. The zero-order valence-electron chi connectivity index (χ0n) is 11.0. The Morgan fingerprint density at radius 3 is 2.71 bits per heavy atom. The molecule has 0 aromatic heterocycles. The van der Waals surface area contributed by atoms with Gasteiger partial charge in [0.1, 0.15) is 0 Å². The minimum atomic E-state index is -0.505. The van der Waals surface area contributed by atoms with E-state index in [1.54, 1.807) is 12.1 Å². The molecule has 2 aromatic carbocycles. The number of nitrogens with one attached hydrogen (secondary N) is 1. The fourth-order valence-electron chi connectivity index (χ4n) is 1.65. The number of amides is 1. The number of thioether (sulfide) groups is 1. The Balaban J connectivity index is 1.95. The lowest BCUT2D eigenvalue weighted by molar-refractivity contribution is -0.384. The molecule has 0 saturated heterocycles. The summed E-state index contributed by atoms with van der Waals surface area (Å²) >= 11 is 1.31. The summed E-state index contributed by atoms with van der Waals surface area (Å²) in [5.41, 5.74) is 6.74. The average Bonchev–Trinajstić information content (AvgIpc) is 2.46. The third kappa shape index (κ3) is 4.22. The number of non-ortho nitro benzene ring substituents is 1. The van der Waals surface area contributed by atoms with Crippen LogP contribution in [0.25, 0.3) is 0 Å². The van der Waals surface area contributed by atoms with Gasteiger partial charge in [0, 0.05) is 28.4 Å². The van der Waals surface area contributed by atoms with Gasteiger partial charge in [0.15, 0.2) is 0 Å². The van der Waals surface area contributed by atoms with Crippen LogP contribution >= 0.6 is 11.8 Å². The molecular weight excluding hydrogens is 290 g/mol. The van der Waals surface area contributed by atoms with Crippen LogP contribution in [0.15, 0.2) is 53.4 Å². The van der Waals surface area contributed by atoms with Crippen molar-refractivity contribution in [2.45, 2.75) is 4.90 Å². The van der Waals surface area contributed by atoms with Crippen molar-refractivity contribution in [3.8, 4) is 0 Å². The molecule has 0 atom stereocenters. The SMILES string of the molecule is Nc1ccccc1SCC(=O)Nc1cccc([N+](=O)[O-])c1. The fourth-order valence-corrected chi connectivity index (χ4v) is 2.42. The number of nitrogens with zero attached hydrogens (tertiary/aromatic N) is 1. The van der Waals surface area contributed by atoms with E-state index >= 15 is 0 Å². The van der Waals surface area contributed by atoms with Crippen LogP contribution in [0.3, 0.4) is 0 Å². The van der Waals surface area contributed by atoms with Gasteiger partial charge in [-0.3, -0.25) is 14.9 Å². The van der Waals surface area contributed by atoms with Gasteiger partial charge in [0.05, 0.1) is 10.7 Å². The van der Waals surface area contributed by atoms with Crippen molar-refractivity contribution in [1.82, 2.24) is 0 Å². The molecule has 0 heterocycles. The predicted octanol–water partition coefficient (Wildman–Crippen LogP) is 2.91. The average molecular weight is 303 g/mol. The monoisotopic (exact) mass is 303 g/mol. The second-order valence-electron chi connectivity index (χ2n) is 4.18. The molecule has 0 radical (unpaired) electrons. The minimum Gasteiger partial charge on any atom is -0.398 e. The maximum Gasteiger partial charge on any atom is 0.271 e. The first-order chi connectivity index (χ1) is 10.1. The molecule has 0 spiro atoms. The molecule has 21 heavy (non-hydrogen) atoms. The van der Waals surface area contributed by atoms with E-state index in [4.69, 9.17) is 5.73 Å². The summed E-state index contributed by atoms with van der Waals surface area (Å²) < 4.78 is 0. The lowest BCUT2D eigenvalue weighted by Crippen LogP contribution is -2.14. The number of hydrogen-bond donors (Lipinski definition) is 2. The molecule has 0 aliphatic rings. The van der Waals surface area contributed by atoms with E-state index in [1.165, 1.54) is 30.0 Å². The van der Waals surface area contributed by atoms with Crippen LogP contribution in [0, 0.1) is 10.1 Å². The quantitative estimate of drug-likeness (QED) is 0.383.